The van der Waals surface area contributed by atoms with Gasteiger partial charge in [0.2, 0.25) is 5.78 Å². The molecule has 0 aliphatic heterocycles. The van der Waals surface area contributed by atoms with Crippen LogP contribution in [0.3, 0.4) is 0 Å². The largest absolute Gasteiger partial charge is 0.465 e. The zero-order valence-electron chi connectivity index (χ0n) is 19.0. The number of aromatic nitrogens is 2. The van der Waals surface area contributed by atoms with Crippen LogP contribution in [0.15, 0.2) is 34.0 Å². The molecule has 31 heavy (non-hydrogen) atoms. The molecule has 1 aromatic heterocycles. The van der Waals surface area contributed by atoms with Crippen molar-refractivity contribution in [3.8, 4) is 5.69 Å². The number of hydrogen-bond donors (Lipinski definition) is 0. The molecule has 1 atom stereocenters. The molecule has 0 spiro atoms. The van der Waals surface area contributed by atoms with Crippen LogP contribution < -0.4 is 0 Å². The third-order valence-electron chi connectivity index (χ3n) is 5.02. The maximum absolute atomic E-state index is 13.5. The summed E-state index contributed by atoms with van der Waals surface area (Å²) in [6, 6.07) is 6.06. The number of rotatable bonds is 11. The molecule has 1 heterocycles. The van der Waals surface area contributed by atoms with E-state index in [1.165, 1.54) is 6.21 Å². The number of carbonyl (C=O) groups is 2. The van der Waals surface area contributed by atoms with Gasteiger partial charge in [0, 0.05) is 18.5 Å². The van der Waals surface area contributed by atoms with Crippen molar-refractivity contribution in [3.63, 3.8) is 0 Å². The van der Waals surface area contributed by atoms with Crippen molar-refractivity contribution in [2.24, 2.45) is 10.9 Å². The predicted molar refractivity (Wildman–Crippen MR) is 127 cm³/mol. The molecule has 0 aliphatic rings. The Labute approximate surface area is 193 Å². The number of esters is 1. The van der Waals surface area contributed by atoms with Gasteiger partial charge in [0.15, 0.2) is 11.7 Å². The SMILES string of the molecule is CCCC(CCC)N=CC(C(=O)OCC)C(=O)c1nc(Br)cn1-c1ccc(C)cc1C. The highest BCUT2D eigenvalue weighted by Gasteiger charge is 2.32. The summed E-state index contributed by atoms with van der Waals surface area (Å²) in [7, 11) is 0. The Kier molecular flexibility index (Phi) is 9.62. The smallest absolute Gasteiger partial charge is 0.322 e. The number of ether oxygens (including phenoxy) is 1. The maximum atomic E-state index is 13.5. The lowest BCUT2D eigenvalue weighted by Gasteiger charge is -2.15. The number of aliphatic imine (C=N–C) groups is 1. The van der Waals surface area contributed by atoms with Gasteiger partial charge >= 0.3 is 5.97 Å². The van der Waals surface area contributed by atoms with Gasteiger partial charge in [0.25, 0.3) is 0 Å². The molecule has 168 valence electrons. The molecular formula is C24H32BrN3O3. The highest BCUT2D eigenvalue weighted by Crippen LogP contribution is 2.23. The monoisotopic (exact) mass is 489 g/mol. The Bertz CT molecular complexity index is 930. The van der Waals surface area contributed by atoms with Gasteiger partial charge in [-0.15, -0.1) is 0 Å². The van der Waals surface area contributed by atoms with Crippen molar-refractivity contribution in [2.45, 2.75) is 66.3 Å². The Balaban J connectivity index is 2.46. The highest BCUT2D eigenvalue weighted by molar-refractivity contribution is 9.10. The second-order valence-electron chi connectivity index (χ2n) is 7.67. The Hall–Kier alpha value is -2.28. The lowest BCUT2D eigenvalue weighted by molar-refractivity contribution is -0.144. The minimum absolute atomic E-state index is 0.0885. The number of carbonyl (C=O) groups excluding carboxylic acids is 2. The van der Waals surface area contributed by atoms with Gasteiger partial charge in [-0.1, -0.05) is 44.4 Å². The highest BCUT2D eigenvalue weighted by atomic mass is 79.9. The number of hydrogen-bond acceptors (Lipinski definition) is 5. The van der Waals surface area contributed by atoms with E-state index in [1.54, 1.807) is 17.7 Å². The number of aryl methyl sites for hydroxylation is 2. The molecule has 0 radical (unpaired) electrons. The van der Waals surface area contributed by atoms with Crippen LogP contribution in [-0.2, 0) is 9.53 Å². The minimum Gasteiger partial charge on any atom is -0.465 e. The third-order valence-corrected chi connectivity index (χ3v) is 5.40. The van der Waals surface area contributed by atoms with Crippen molar-refractivity contribution >= 4 is 33.9 Å². The molecular weight excluding hydrogens is 458 g/mol. The van der Waals surface area contributed by atoms with Crippen molar-refractivity contribution < 1.29 is 14.3 Å². The molecule has 0 fully saturated rings. The summed E-state index contributed by atoms with van der Waals surface area (Å²) in [5.74, 6) is -1.99. The van der Waals surface area contributed by atoms with Crippen molar-refractivity contribution in [3.05, 3.63) is 46.0 Å². The van der Waals surface area contributed by atoms with E-state index in [2.05, 4.69) is 39.8 Å². The fourth-order valence-electron chi connectivity index (χ4n) is 3.56. The van der Waals surface area contributed by atoms with Gasteiger partial charge in [0.05, 0.1) is 12.3 Å². The molecule has 6 nitrogen and oxygen atoms in total. The molecule has 0 bridgehead atoms. The fourth-order valence-corrected chi connectivity index (χ4v) is 3.93. The summed E-state index contributed by atoms with van der Waals surface area (Å²) in [6.45, 7) is 10.1. The van der Waals surface area contributed by atoms with Gasteiger partial charge in [-0.05, 0) is 61.2 Å². The van der Waals surface area contributed by atoms with Crippen LogP contribution in [0.4, 0.5) is 0 Å². The number of nitrogens with zero attached hydrogens (tertiary/aromatic N) is 3. The van der Waals surface area contributed by atoms with Gasteiger partial charge in [-0.25, -0.2) is 4.98 Å². The lowest BCUT2D eigenvalue weighted by atomic mass is 10.0. The molecule has 2 aromatic rings. The first-order valence-electron chi connectivity index (χ1n) is 10.9. The van der Waals surface area contributed by atoms with E-state index >= 15 is 0 Å². The number of benzene rings is 1. The Morgan fingerprint density at radius 2 is 1.87 bits per heavy atom. The van der Waals surface area contributed by atoms with Crippen molar-refractivity contribution in [1.82, 2.24) is 9.55 Å². The van der Waals surface area contributed by atoms with Gasteiger partial charge in [-0.3, -0.25) is 19.1 Å². The number of halogens is 1. The molecule has 1 aromatic carbocycles. The van der Waals surface area contributed by atoms with E-state index < -0.39 is 17.7 Å². The van der Waals surface area contributed by atoms with E-state index in [0.29, 0.717) is 4.60 Å². The second-order valence-corrected chi connectivity index (χ2v) is 8.48. The van der Waals surface area contributed by atoms with E-state index in [0.717, 1.165) is 42.5 Å². The van der Waals surface area contributed by atoms with Crippen LogP contribution in [0.2, 0.25) is 0 Å². The van der Waals surface area contributed by atoms with Crippen molar-refractivity contribution in [2.75, 3.05) is 6.61 Å². The first-order valence-corrected chi connectivity index (χ1v) is 11.7. The summed E-state index contributed by atoms with van der Waals surface area (Å²) < 4.78 is 7.43. The maximum Gasteiger partial charge on any atom is 0.322 e. The molecule has 1 unspecified atom stereocenters. The van der Waals surface area contributed by atoms with Crippen LogP contribution in [-0.4, -0.2) is 40.2 Å². The Morgan fingerprint density at radius 3 is 2.45 bits per heavy atom. The first kappa shape index (κ1) is 25.0. The van der Waals surface area contributed by atoms with Gasteiger partial charge in [0.1, 0.15) is 4.60 Å². The fraction of sp³-hybridized carbons (Fsp3) is 0.500. The number of imidazole rings is 1. The minimum atomic E-state index is -1.13. The van der Waals surface area contributed by atoms with Crippen molar-refractivity contribution in [1.29, 1.82) is 0 Å². The average molecular weight is 490 g/mol. The standard InChI is InChI=1S/C24H32BrN3O3/c1-6-9-18(10-7-2)26-14-19(24(30)31-8-3)22(29)23-27-21(25)15-28(23)20-12-11-16(4)13-17(20)5/h11-15,18-19H,6-10H2,1-5H3. The van der Waals surface area contributed by atoms with E-state index in [1.807, 2.05) is 32.0 Å². The molecule has 0 amide bonds. The number of ketones is 1. The predicted octanol–water partition coefficient (Wildman–Crippen LogP) is 5.65. The van der Waals surface area contributed by atoms with Crippen LogP contribution in [0.5, 0.6) is 0 Å². The van der Waals surface area contributed by atoms with E-state index in [-0.39, 0.29) is 18.5 Å². The average Bonchev–Trinajstić information content (AvgIpc) is 3.09. The molecule has 0 saturated heterocycles. The third kappa shape index (κ3) is 6.60. The Morgan fingerprint density at radius 1 is 1.19 bits per heavy atom. The summed E-state index contributed by atoms with van der Waals surface area (Å²) in [5, 5.41) is 0. The summed E-state index contributed by atoms with van der Waals surface area (Å²) in [6.07, 6.45) is 7.01. The first-order chi connectivity index (χ1) is 14.8. The molecule has 0 saturated carbocycles. The van der Waals surface area contributed by atoms with E-state index in [9.17, 15) is 9.59 Å². The topological polar surface area (TPSA) is 73.6 Å². The zero-order chi connectivity index (χ0) is 23.0. The van der Waals surface area contributed by atoms with Crippen LogP contribution >= 0.6 is 15.9 Å². The molecule has 0 aliphatic carbocycles. The van der Waals surface area contributed by atoms with Gasteiger partial charge < -0.3 is 4.74 Å². The second kappa shape index (κ2) is 11.9. The normalized spacial score (nSPS) is 12.5. The summed E-state index contributed by atoms with van der Waals surface area (Å²) >= 11 is 3.37. The number of Topliss-reactive ketones (excluding diaryl/α,β-unsaturated/α-hetero) is 1. The molecule has 2 rings (SSSR count). The molecule has 7 heteroatoms. The molecule has 0 N–H and O–H groups in total. The summed E-state index contributed by atoms with van der Waals surface area (Å²) in [4.78, 5) is 35.1. The van der Waals surface area contributed by atoms with Crippen LogP contribution in [0, 0.1) is 19.8 Å². The van der Waals surface area contributed by atoms with Gasteiger partial charge in [-0.2, -0.15) is 0 Å². The quantitative estimate of drug-likeness (QED) is 0.177. The summed E-state index contributed by atoms with van der Waals surface area (Å²) in [5.41, 5.74) is 2.97. The van der Waals surface area contributed by atoms with Crippen LogP contribution in [0.25, 0.3) is 5.69 Å². The lowest BCUT2D eigenvalue weighted by Crippen LogP contribution is -2.30. The van der Waals surface area contributed by atoms with Crippen LogP contribution in [0.1, 0.15) is 68.2 Å². The zero-order valence-corrected chi connectivity index (χ0v) is 20.6. The van der Waals surface area contributed by atoms with E-state index in [4.69, 9.17) is 4.74 Å².